The van der Waals surface area contributed by atoms with E-state index in [2.05, 4.69) is 51.7 Å². The second-order valence-corrected chi connectivity index (χ2v) is 6.65. The van der Waals surface area contributed by atoms with Crippen molar-refractivity contribution in [1.29, 1.82) is 0 Å². The van der Waals surface area contributed by atoms with E-state index in [4.69, 9.17) is 0 Å². The fourth-order valence-electron chi connectivity index (χ4n) is 3.12. The van der Waals surface area contributed by atoms with Gasteiger partial charge < -0.3 is 4.57 Å². The van der Waals surface area contributed by atoms with E-state index in [1.54, 1.807) is 0 Å². The van der Waals surface area contributed by atoms with Gasteiger partial charge in [-0.1, -0.05) is 6.07 Å². The van der Waals surface area contributed by atoms with Gasteiger partial charge >= 0.3 is 0 Å². The number of nitrogens with zero attached hydrogens (tertiary/aromatic N) is 5. The van der Waals surface area contributed by atoms with Gasteiger partial charge in [-0.15, -0.1) is 0 Å². The number of imidazole rings is 1. The summed E-state index contributed by atoms with van der Waals surface area (Å²) < 4.78 is 4.02. The van der Waals surface area contributed by atoms with Crippen molar-refractivity contribution in [3.63, 3.8) is 0 Å². The average Bonchev–Trinajstić information content (AvgIpc) is 3.12. The quantitative estimate of drug-likeness (QED) is 0.700. The highest BCUT2D eigenvalue weighted by atomic mass is 15.3. The Kier molecular flexibility index (Phi) is 3.94. The van der Waals surface area contributed by atoms with Crippen LogP contribution in [0.2, 0.25) is 0 Å². The van der Waals surface area contributed by atoms with Crippen LogP contribution in [0.5, 0.6) is 0 Å². The van der Waals surface area contributed by atoms with Gasteiger partial charge in [-0.3, -0.25) is 4.90 Å². The van der Waals surface area contributed by atoms with Gasteiger partial charge in [0, 0.05) is 44.4 Å². The van der Waals surface area contributed by atoms with Gasteiger partial charge in [0.05, 0.1) is 12.2 Å². The van der Waals surface area contributed by atoms with Crippen molar-refractivity contribution < 1.29 is 0 Å². The third-order valence-electron chi connectivity index (χ3n) is 4.80. The first-order chi connectivity index (χ1) is 11.7. The SMILES string of the molecule is Cc1cc(-n2cccn2)ccc1CN(Cc1nccn1C)C1CC1. The average molecular weight is 321 g/mol. The first-order valence-electron chi connectivity index (χ1n) is 8.50. The molecular formula is C19H23N5. The molecule has 5 heteroatoms. The number of hydrogen-bond donors (Lipinski definition) is 0. The molecule has 1 aliphatic carbocycles. The van der Waals surface area contributed by atoms with Crippen molar-refractivity contribution in [2.24, 2.45) is 7.05 Å². The maximum absolute atomic E-state index is 4.49. The van der Waals surface area contributed by atoms with E-state index in [9.17, 15) is 0 Å². The predicted molar refractivity (Wildman–Crippen MR) is 93.8 cm³/mol. The second-order valence-electron chi connectivity index (χ2n) is 6.65. The second kappa shape index (κ2) is 6.24. The molecule has 1 aliphatic rings. The minimum atomic E-state index is 0.701. The fraction of sp³-hybridized carbons (Fsp3) is 0.368. The zero-order valence-corrected chi connectivity index (χ0v) is 14.3. The molecule has 1 aromatic carbocycles. The molecule has 1 saturated carbocycles. The van der Waals surface area contributed by atoms with Crippen molar-refractivity contribution >= 4 is 0 Å². The standard InChI is InChI=1S/C19H23N5/c1-15-12-18(24-10-3-8-21-24)5-4-16(15)13-23(17-6-7-17)14-19-20-9-11-22(19)2/h3-5,8-12,17H,6-7,13-14H2,1-2H3. The van der Waals surface area contributed by atoms with Crippen LogP contribution in [-0.4, -0.2) is 30.3 Å². The summed E-state index contributed by atoms with van der Waals surface area (Å²) >= 11 is 0. The molecule has 0 bridgehead atoms. The first kappa shape index (κ1) is 15.1. The maximum atomic E-state index is 4.49. The molecule has 2 aromatic heterocycles. The highest BCUT2D eigenvalue weighted by Crippen LogP contribution is 2.30. The summed E-state index contributed by atoms with van der Waals surface area (Å²) in [5.41, 5.74) is 3.81. The summed E-state index contributed by atoms with van der Waals surface area (Å²) in [7, 11) is 2.07. The minimum absolute atomic E-state index is 0.701. The number of aromatic nitrogens is 4. The normalized spacial score (nSPS) is 14.5. The minimum Gasteiger partial charge on any atom is -0.337 e. The molecule has 1 fully saturated rings. The van der Waals surface area contributed by atoms with Crippen molar-refractivity contribution in [3.8, 4) is 5.69 Å². The number of hydrogen-bond acceptors (Lipinski definition) is 3. The Morgan fingerprint density at radius 3 is 2.67 bits per heavy atom. The molecule has 5 nitrogen and oxygen atoms in total. The summed E-state index contributed by atoms with van der Waals surface area (Å²) in [5.74, 6) is 1.13. The zero-order chi connectivity index (χ0) is 16.5. The Morgan fingerprint density at radius 2 is 2.04 bits per heavy atom. The van der Waals surface area contributed by atoms with Crippen LogP contribution in [0, 0.1) is 6.92 Å². The summed E-state index contributed by atoms with van der Waals surface area (Å²) in [4.78, 5) is 7.04. The van der Waals surface area contributed by atoms with Crippen LogP contribution in [0.1, 0.15) is 29.8 Å². The summed E-state index contributed by atoms with van der Waals surface area (Å²) in [5, 5.41) is 4.31. The van der Waals surface area contributed by atoms with E-state index < -0.39 is 0 Å². The van der Waals surface area contributed by atoms with Crippen LogP contribution in [0.25, 0.3) is 5.69 Å². The topological polar surface area (TPSA) is 38.9 Å². The van der Waals surface area contributed by atoms with Crippen LogP contribution < -0.4 is 0 Å². The van der Waals surface area contributed by atoms with Crippen molar-refractivity contribution in [1.82, 2.24) is 24.2 Å². The number of aryl methyl sites for hydroxylation is 2. The summed E-state index contributed by atoms with van der Waals surface area (Å²) in [6.45, 7) is 4.07. The molecule has 0 amide bonds. The molecule has 124 valence electrons. The summed E-state index contributed by atoms with van der Waals surface area (Å²) in [6.07, 6.45) is 10.3. The Balaban J connectivity index is 1.53. The third-order valence-corrected chi connectivity index (χ3v) is 4.80. The number of rotatable bonds is 6. The highest BCUT2D eigenvalue weighted by Gasteiger charge is 2.30. The van der Waals surface area contributed by atoms with Gasteiger partial charge in [0.2, 0.25) is 0 Å². The predicted octanol–water partition coefficient (Wildman–Crippen LogP) is 3.08. The molecular weight excluding hydrogens is 298 g/mol. The highest BCUT2D eigenvalue weighted by molar-refractivity contribution is 5.39. The fourth-order valence-corrected chi connectivity index (χ4v) is 3.12. The van der Waals surface area contributed by atoms with Crippen LogP contribution in [0.3, 0.4) is 0 Å². The lowest BCUT2D eigenvalue weighted by atomic mass is 10.1. The largest absolute Gasteiger partial charge is 0.337 e. The van der Waals surface area contributed by atoms with E-state index >= 15 is 0 Å². The monoisotopic (exact) mass is 321 g/mol. The molecule has 0 N–H and O–H groups in total. The molecule has 24 heavy (non-hydrogen) atoms. The van der Waals surface area contributed by atoms with Crippen molar-refractivity contribution in [2.75, 3.05) is 0 Å². The summed E-state index contributed by atoms with van der Waals surface area (Å²) in [6, 6.07) is 9.26. The first-order valence-corrected chi connectivity index (χ1v) is 8.50. The van der Waals surface area contributed by atoms with E-state index in [1.807, 2.05) is 35.5 Å². The Hall–Kier alpha value is -2.40. The van der Waals surface area contributed by atoms with Crippen molar-refractivity contribution in [3.05, 3.63) is 66.0 Å². The molecule has 0 spiro atoms. The lowest BCUT2D eigenvalue weighted by molar-refractivity contribution is 0.236. The third kappa shape index (κ3) is 3.12. The maximum Gasteiger partial charge on any atom is 0.122 e. The van der Waals surface area contributed by atoms with Gasteiger partial charge in [0.15, 0.2) is 0 Å². The van der Waals surface area contributed by atoms with E-state index in [-0.39, 0.29) is 0 Å². The van der Waals surface area contributed by atoms with Gasteiger partial charge in [0.25, 0.3) is 0 Å². The van der Waals surface area contributed by atoms with Gasteiger partial charge in [-0.05, 0) is 49.1 Å². The van der Waals surface area contributed by atoms with Gasteiger partial charge in [0.1, 0.15) is 5.82 Å². The van der Waals surface area contributed by atoms with E-state index in [1.165, 1.54) is 24.0 Å². The molecule has 0 saturated heterocycles. The molecule has 2 heterocycles. The van der Waals surface area contributed by atoms with Crippen LogP contribution in [-0.2, 0) is 20.1 Å². The van der Waals surface area contributed by atoms with Crippen LogP contribution in [0.15, 0.2) is 49.1 Å². The van der Waals surface area contributed by atoms with Gasteiger partial charge in [-0.25, -0.2) is 9.67 Å². The smallest absolute Gasteiger partial charge is 0.122 e. The molecule has 3 aromatic rings. The molecule has 0 radical (unpaired) electrons. The number of benzene rings is 1. The van der Waals surface area contributed by atoms with E-state index in [0.29, 0.717) is 6.04 Å². The van der Waals surface area contributed by atoms with Crippen LogP contribution >= 0.6 is 0 Å². The molecule has 0 atom stereocenters. The molecule has 0 aliphatic heterocycles. The van der Waals surface area contributed by atoms with Crippen LogP contribution in [0.4, 0.5) is 0 Å². The van der Waals surface area contributed by atoms with Gasteiger partial charge in [-0.2, -0.15) is 5.10 Å². The lowest BCUT2D eigenvalue weighted by Gasteiger charge is -2.23. The molecule has 0 unspecified atom stereocenters. The zero-order valence-electron chi connectivity index (χ0n) is 14.3. The Labute approximate surface area is 142 Å². The van der Waals surface area contributed by atoms with E-state index in [0.717, 1.165) is 24.6 Å². The Morgan fingerprint density at radius 1 is 1.17 bits per heavy atom. The molecule has 4 rings (SSSR count). The lowest BCUT2D eigenvalue weighted by Crippen LogP contribution is -2.27. The van der Waals surface area contributed by atoms with Crippen molar-refractivity contribution in [2.45, 2.75) is 38.9 Å². The Bertz CT molecular complexity index is 814.